The van der Waals surface area contributed by atoms with Crippen LogP contribution in [0.15, 0.2) is 60.9 Å². The Morgan fingerprint density at radius 3 is 2.55 bits per heavy atom. The Morgan fingerprint density at radius 1 is 1.07 bits per heavy atom. The number of amides is 1. The third-order valence-electron chi connectivity index (χ3n) is 4.68. The van der Waals surface area contributed by atoms with Crippen LogP contribution >= 0.6 is 0 Å². The molecule has 0 fully saturated rings. The van der Waals surface area contributed by atoms with E-state index in [1.165, 1.54) is 6.33 Å². The van der Waals surface area contributed by atoms with E-state index in [4.69, 9.17) is 4.74 Å². The van der Waals surface area contributed by atoms with Gasteiger partial charge in [-0.3, -0.25) is 4.79 Å². The third-order valence-corrected chi connectivity index (χ3v) is 4.68. The van der Waals surface area contributed by atoms with Gasteiger partial charge in [-0.2, -0.15) is 10.1 Å². The summed E-state index contributed by atoms with van der Waals surface area (Å²) in [5.74, 6) is 0.994. The number of benzene rings is 2. The number of nitrogens with one attached hydrogen (secondary N) is 1. The molecular formula is C22H21N5O2. The van der Waals surface area contributed by atoms with E-state index in [0.29, 0.717) is 17.2 Å². The molecule has 29 heavy (non-hydrogen) atoms. The quantitative estimate of drug-likeness (QED) is 0.556. The van der Waals surface area contributed by atoms with Gasteiger partial charge < -0.3 is 10.1 Å². The highest BCUT2D eigenvalue weighted by atomic mass is 16.5. The van der Waals surface area contributed by atoms with Crippen molar-refractivity contribution in [2.24, 2.45) is 0 Å². The molecule has 7 nitrogen and oxygen atoms in total. The first-order valence-corrected chi connectivity index (χ1v) is 9.33. The van der Waals surface area contributed by atoms with Crippen LogP contribution in [0.4, 0.5) is 5.69 Å². The predicted octanol–water partition coefficient (Wildman–Crippen LogP) is 4.18. The van der Waals surface area contributed by atoms with Gasteiger partial charge >= 0.3 is 0 Å². The maximum Gasteiger partial charge on any atom is 0.274 e. The number of methoxy groups -OCH3 is 1. The van der Waals surface area contributed by atoms with Crippen LogP contribution in [-0.4, -0.2) is 32.6 Å². The molecule has 0 bridgehead atoms. The number of nitrogens with zero attached hydrogens (tertiary/aromatic N) is 4. The zero-order valence-corrected chi connectivity index (χ0v) is 16.5. The van der Waals surface area contributed by atoms with Gasteiger partial charge in [-0.25, -0.2) is 9.50 Å². The fourth-order valence-electron chi connectivity index (χ4n) is 3.24. The van der Waals surface area contributed by atoms with Gasteiger partial charge in [0.25, 0.3) is 11.7 Å². The molecule has 0 atom stereocenters. The van der Waals surface area contributed by atoms with Gasteiger partial charge in [0, 0.05) is 16.8 Å². The summed E-state index contributed by atoms with van der Waals surface area (Å²) in [4.78, 5) is 21.5. The van der Waals surface area contributed by atoms with E-state index in [9.17, 15) is 4.79 Å². The third kappa shape index (κ3) is 3.54. The molecule has 1 N–H and O–H groups in total. The van der Waals surface area contributed by atoms with Crippen LogP contribution < -0.4 is 10.1 Å². The number of hydrogen-bond acceptors (Lipinski definition) is 5. The van der Waals surface area contributed by atoms with Crippen LogP contribution in [0.2, 0.25) is 0 Å². The standard InChI is InChI=1S/C22H21N5O2/c1-14(2)19-12-18(26-22-23-13-24-27(19)22)21(28)25-17-10-6-4-8-15(17)16-9-5-7-11-20(16)29-3/h4-14H,1-3H3,(H,25,28). The van der Waals surface area contributed by atoms with Crippen molar-refractivity contribution in [3.63, 3.8) is 0 Å². The minimum Gasteiger partial charge on any atom is -0.496 e. The SMILES string of the molecule is COc1ccccc1-c1ccccc1NC(=O)c1cc(C(C)C)n2ncnc2n1. The first-order valence-electron chi connectivity index (χ1n) is 9.33. The van der Waals surface area contributed by atoms with Crippen LogP contribution in [0.1, 0.15) is 35.9 Å². The van der Waals surface area contributed by atoms with E-state index in [1.807, 2.05) is 62.4 Å². The van der Waals surface area contributed by atoms with E-state index < -0.39 is 0 Å². The van der Waals surface area contributed by atoms with Gasteiger partial charge in [0.2, 0.25) is 0 Å². The summed E-state index contributed by atoms with van der Waals surface area (Å²) in [5, 5.41) is 7.18. The molecule has 0 spiro atoms. The van der Waals surface area contributed by atoms with Crippen molar-refractivity contribution < 1.29 is 9.53 Å². The van der Waals surface area contributed by atoms with Gasteiger partial charge in [-0.1, -0.05) is 50.2 Å². The molecule has 0 unspecified atom stereocenters. The highest BCUT2D eigenvalue weighted by Crippen LogP contribution is 2.34. The van der Waals surface area contributed by atoms with Crippen molar-refractivity contribution in [3.05, 3.63) is 72.3 Å². The number of anilines is 1. The Labute approximate surface area is 168 Å². The molecule has 4 aromatic rings. The Hall–Kier alpha value is -3.74. The fraction of sp³-hybridized carbons (Fsp3) is 0.182. The molecule has 0 saturated heterocycles. The largest absolute Gasteiger partial charge is 0.496 e. The molecule has 0 saturated carbocycles. The lowest BCUT2D eigenvalue weighted by molar-refractivity contribution is 0.102. The van der Waals surface area contributed by atoms with Crippen molar-refractivity contribution in [1.29, 1.82) is 0 Å². The van der Waals surface area contributed by atoms with Crippen LogP contribution in [-0.2, 0) is 0 Å². The number of fused-ring (bicyclic) bond motifs is 1. The first-order chi connectivity index (χ1) is 14.1. The molecule has 1 amide bonds. The summed E-state index contributed by atoms with van der Waals surface area (Å²) in [5.41, 5.74) is 3.61. The van der Waals surface area contributed by atoms with E-state index >= 15 is 0 Å². The summed E-state index contributed by atoms with van der Waals surface area (Å²) in [6, 6.07) is 17.1. The van der Waals surface area contributed by atoms with Crippen molar-refractivity contribution >= 4 is 17.4 Å². The van der Waals surface area contributed by atoms with Gasteiger partial charge in [-0.15, -0.1) is 0 Å². The minimum absolute atomic E-state index is 0.162. The molecule has 2 aromatic carbocycles. The van der Waals surface area contributed by atoms with Crippen molar-refractivity contribution in [3.8, 4) is 16.9 Å². The summed E-state index contributed by atoms with van der Waals surface area (Å²) >= 11 is 0. The lowest BCUT2D eigenvalue weighted by atomic mass is 10.0. The highest BCUT2D eigenvalue weighted by Gasteiger charge is 2.17. The maximum absolute atomic E-state index is 13.0. The van der Waals surface area contributed by atoms with Gasteiger partial charge in [-0.05, 0) is 24.1 Å². The molecule has 7 heteroatoms. The zero-order valence-electron chi connectivity index (χ0n) is 16.5. The fourth-order valence-corrected chi connectivity index (χ4v) is 3.24. The summed E-state index contributed by atoms with van der Waals surface area (Å²) in [6.45, 7) is 4.07. The topological polar surface area (TPSA) is 81.4 Å². The Balaban J connectivity index is 1.73. The number of hydrogen-bond donors (Lipinski definition) is 1. The summed E-state index contributed by atoms with van der Waals surface area (Å²) < 4.78 is 7.14. The predicted molar refractivity (Wildman–Crippen MR) is 111 cm³/mol. The number of para-hydroxylation sites is 2. The van der Waals surface area contributed by atoms with Gasteiger partial charge in [0.05, 0.1) is 12.8 Å². The van der Waals surface area contributed by atoms with Crippen LogP contribution in [0.3, 0.4) is 0 Å². The zero-order chi connectivity index (χ0) is 20.4. The van der Waals surface area contributed by atoms with E-state index in [0.717, 1.165) is 22.6 Å². The second kappa shape index (κ2) is 7.71. The molecule has 2 aromatic heterocycles. The lowest BCUT2D eigenvalue weighted by Gasteiger charge is -2.14. The number of carbonyl (C=O) groups excluding carboxylic acids is 1. The Kier molecular flexibility index (Phi) is 4.95. The second-order valence-electron chi connectivity index (χ2n) is 6.89. The molecule has 146 valence electrons. The van der Waals surface area contributed by atoms with Gasteiger partial charge in [0.1, 0.15) is 17.8 Å². The van der Waals surface area contributed by atoms with E-state index in [1.54, 1.807) is 17.7 Å². The molecule has 0 aliphatic rings. The smallest absolute Gasteiger partial charge is 0.274 e. The van der Waals surface area contributed by atoms with Crippen LogP contribution in [0, 0.1) is 0 Å². The lowest BCUT2D eigenvalue weighted by Crippen LogP contribution is -2.17. The van der Waals surface area contributed by atoms with E-state index in [2.05, 4.69) is 20.4 Å². The summed E-state index contributed by atoms with van der Waals surface area (Å²) in [6.07, 6.45) is 1.44. The molecule has 0 radical (unpaired) electrons. The number of aromatic nitrogens is 4. The maximum atomic E-state index is 13.0. The Morgan fingerprint density at radius 2 is 1.79 bits per heavy atom. The van der Waals surface area contributed by atoms with E-state index in [-0.39, 0.29) is 11.8 Å². The highest BCUT2D eigenvalue weighted by molar-refractivity contribution is 6.05. The first kappa shape index (κ1) is 18.6. The van der Waals surface area contributed by atoms with Crippen molar-refractivity contribution in [2.75, 3.05) is 12.4 Å². The summed E-state index contributed by atoms with van der Waals surface area (Å²) in [7, 11) is 1.63. The van der Waals surface area contributed by atoms with Gasteiger partial charge in [0.15, 0.2) is 0 Å². The second-order valence-corrected chi connectivity index (χ2v) is 6.89. The minimum atomic E-state index is -0.306. The molecular weight excluding hydrogens is 366 g/mol. The average Bonchev–Trinajstić information content (AvgIpc) is 3.22. The normalized spacial score (nSPS) is 11.0. The van der Waals surface area contributed by atoms with Crippen LogP contribution in [0.5, 0.6) is 5.75 Å². The van der Waals surface area contributed by atoms with Crippen molar-refractivity contribution in [1.82, 2.24) is 19.6 Å². The monoisotopic (exact) mass is 387 g/mol. The average molecular weight is 387 g/mol. The number of ether oxygens (including phenoxy) is 1. The number of rotatable bonds is 5. The van der Waals surface area contributed by atoms with Crippen LogP contribution in [0.25, 0.3) is 16.9 Å². The molecule has 4 rings (SSSR count). The molecule has 0 aliphatic carbocycles. The number of carbonyl (C=O) groups is 1. The Bertz CT molecular complexity index is 1180. The molecule has 0 aliphatic heterocycles. The molecule has 2 heterocycles. The van der Waals surface area contributed by atoms with Crippen molar-refractivity contribution in [2.45, 2.75) is 19.8 Å².